The molecule has 1 unspecified atom stereocenters. The number of rotatable bonds is 16. The monoisotopic (exact) mass is 1060 g/mol. The van der Waals surface area contributed by atoms with Crippen molar-refractivity contribution in [3.8, 4) is 17.2 Å². The van der Waals surface area contributed by atoms with E-state index in [-0.39, 0.29) is 77.9 Å². The molecule has 4 aromatic heterocycles. The van der Waals surface area contributed by atoms with Crippen LogP contribution in [-0.2, 0) is 21.3 Å². The van der Waals surface area contributed by atoms with Crippen LogP contribution < -0.4 is 24.4 Å². The second-order valence-electron chi connectivity index (χ2n) is 21.0. The molecule has 76 heavy (non-hydrogen) atoms. The first-order chi connectivity index (χ1) is 36.7. The molecule has 3 aromatic carbocycles. The zero-order chi connectivity index (χ0) is 52.8. The zero-order valence-electron chi connectivity index (χ0n) is 42.7. The first kappa shape index (κ1) is 50.9. The number of hydrogen-bond acceptors (Lipinski definition) is 16. The number of amides is 1. The van der Waals surface area contributed by atoms with E-state index in [2.05, 4.69) is 89.9 Å². The van der Waals surface area contributed by atoms with Gasteiger partial charge in [-0.05, 0) is 78.0 Å². The number of nitrogens with one attached hydrogen (secondary N) is 3. The molecule has 3 N–H and O–H groups in total. The van der Waals surface area contributed by atoms with Gasteiger partial charge in [0.1, 0.15) is 50.4 Å². The van der Waals surface area contributed by atoms with Crippen molar-refractivity contribution in [3.63, 3.8) is 0 Å². The number of aromatic nitrogens is 4. The van der Waals surface area contributed by atoms with Gasteiger partial charge in [0.2, 0.25) is 0 Å². The third-order valence-corrected chi connectivity index (χ3v) is 17.3. The lowest BCUT2D eigenvalue weighted by Crippen LogP contribution is -2.60. The Balaban J connectivity index is 0.810. The van der Waals surface area contributed by atoms with Crippen LogP contribution in [0.3, 0.4) is 0 Å². The van der Waals surface area contributed by atoms with Crippen LogP contribution in [0.5, 0.6) is 17.2 Å². The van der Waals surface area contributed by atoms with Gasteiger partial charge >= 0.3 is 0 Å². The number of methoxy groups -OCH3 is 1. The average molecular weight is 1060 g/mol. The van der Waals surface area contributed by atoms with Crippen molar-refractivity contribution in [2.45, 2.75) is 87.5 Å². The Morgan fingerprint density at radius 1 is 0.961 bits per heavy atom. The zero-order valence-corrected chi connectivity index (χ0v) is 43.5. The Kier molecular flexibility index (Phi) is 13.9. The Hall–Kier alpha value is -7.20. The van der Waals surface area contributed by atoms with Crippen molar-refractivity contribution in [2.24, 2.45) is 5.41 Å². The maximum absolute atomic E-state index is 15.6. The van der Waals surface area contributed by atoms with Crippen LogP contribution in [0.2, 0.25) is 0 Å². The van der Waals surface area contributed by atoms with Crippen LogP contribution in [0, 0.1) is 15.5 Å². The van der Waals surface area contributed by atoms with Crippen molar-refractivity contribution in [1.82, 2.24) is 34.5 Å². The molecule has 1 amide bonds. The lowest BCUT2D eigenvalue weighted by molar-refractivity contribution is -0.384. The number of benzene rings is 3. The van der Waals surface area contributed by atoms with E-state index in [9.17, 15) is 23.3 Å². The topological polar surface area (TPSA) is 223 Å². The SMILES string of the molecule is COc1ccc(CN2CCN(C3CC4(CCN(c5cc(Oc6cnc7[nH]ccc7c6)c(C(=O)NS(=O)(=O)c6cc([N+](=O)[O-])c(NCC7(F)CCOCC7)c7ocnc67)cn5)CC4)C3)C(c3ccccc3C(C)C)C2)cc1. The minimum absolute atomic E-state index is 0.0163. The van der Waals surface area contributed by atoms with Crippen molar-refractivity contribution >= 4 is 55.3 Å². The van der Waals surface area contributed by atoms with Crippen molar-refractivity contribution < 1.29 is 41.2 Å². The van der Waals surface area contributed by atoms with E-state index in [1.165, 1.54) is 29.1 Å². The second kappa shape index (κ2) is 20.7. The molecular weight excluding hydrogens is 996 g/mol. The van der Waals surface area contributed by atoms with E-state index >= 15 is 4.39 Å². The normalized spacial score (nSPS) is 19.2. The maximum Gasteiger partial charge on any atom is 0.297 e. The first-order valence-electron chi connectivity index (χ1n) is 25.9. The third kappa shape index (κ3) is 10.3. The second-order valence-corrected chi connectivity index (χ2v) is 22.7. The molecule has 0 bridgehead atoms. The fourth-order valence-corrected chi connectivity index (χ4v) is 12.8. The van der Waals surface area contributed by atoms with E-state index in [4.69, 9.17) is 23.6 Å². The van der Waals surface area contributed by atoms with Crippen LogP contribution in [0.25, 0.3) is 22.1 Å². The summed E-state index contributed by atoms with van der Waals surface area (Å²) in [5, 5.41) is 16.0. The Morgan fingerprint density at radius 3 is 2.49 bits per heavy atom. The van der Waals surface area contributed by atoms with Crippen LogP contribution in [0.15, 0.2) is 107 Å². The minimum atomic E-state index is -4.90. The number of oxazole rings is 1. The van der Waals surface area contributed by atoms with E-state index < -0.39 is 37.1 Å². The summed E-state index contributed by atoms with van der Waals surface area (Å²) in [7, 11) is -3.20. The number of H-pyrrole nitrogens is 1. The van der Waals surface area contributed by atoms with E-state index in [1.807, 2.05) is 18.2 Å². The van der Waals surface area contributed by atoms with Gasteiger partial charge in [-0.15, -0.1) is 0 Å². The summed E-state index contributed by atoms with van der Waals surface area (Å²) in [6.07, 6.45) is 9.63. The fourth-order valence-electron chi connectivity index (χ4n) is 11.7. The van der Waals surface area contributed by atoms with Crippen molar-refractivity contribution in [2.75, 3.05) is 69.8 Å². The molecule has 3 aliphatic heterocycles. The Labute approximate surface area is 439 Å². The molecule has 7 aromatic rings. The number of pyridine rings is 2. The molecule has 3 saturated heterocycles. The standard InChI is InChI=1S/C55H61FN10O9S/c1-35(2)41-6-4-5-7-42(41)45-32-63(31-36-8-10-39(72-3)11-9-36)20-21-65(45)38-27-54(28-38)13-18-64(19-14-54)48-26-46(75-40-24-37-12-17-57-52(37)59-29-40)43(30-58-48)53(67)62-76(70,71)47-25-44(66(68)69)49(51-50(47)61-34-74-51)60-33-55(56)15-22-73-23-16-55/h4-12,17,24-26,29-30,34-35,38,45,60H,13-16,18-23,27-28,31-33H2,1-3H3,(H,57,59)(H,62,67). The van der Waals surface area contributed by atoms with E-state index in [0.29, 0.717) is 36.5 Å². The highest BCUT2D eigenvalue weighted by Crippen LogP contribution is 2.53. The summed E-state index contributed by atoms with van der Waals surface area (Å²) in [6.45, 7) is 9.79. The number of hydrogen-bond donors (Lipinski definition) is 3. The summed E-state index contributed by atoms with van der Waals surface area (Å²) in [6, 6.07) is 24.0. The highest BCUT2D eigenvalue weighted by Gasteiger charge is 2.50. The number of halogens is 1. The Bertz CT molecular complexity index is 3380. The van der Waals surface area contributed by atoms with Crippen LogP contribution in [0.4, 0.5) is 21.6 Å². The molecule has 4 fully saturated rings. The quantitative estimate of drug-likeness (QED) is 0.0606. The van der Waals surface area contributed by atoms with Gasteiger partial charge in [-0.2, -0.15) is 0 Å². The number of alkyl halides is 1. The van der Waals surface area contributed by atoms with Gasteiger partial charge in [-0.1, -0.05) is 50.2 Å². The number of ether oxygens (including phenoxy) is 3. The summed E-state index contributed by atoms with van der Waals surface area (Å²) in [4.78, 5) is 49.0. The smallest absolute Gasteiger partial charge is 0.297 e. The number of piperidine rings is 1. The molecule has 4 aliphatic rings. The molecule has 7 heterocycles. The van der Waals surface area contributed by atoms with Crippen LogP contribution in [0.1, 0.15) is 91.4 Å². The average Bonchev–Trinajstić information content (AvgIpc) is 4.12. The lowest BCUT2D eigenvalue weighted by Gasteiger charge is -2.58. The van der Waals surface area contributed by atoms with E-state index in [1.54, 1.807) is 25.4 Å². The minimum Gasteiger partial charge on any atom is -0.497 e. The lowest BCUT2D eigenvalue weighted by atomic mass is 9.59. The van der Waals surface area contributed by atoms with Gasteiger partial charge in [0, 0.05) is 114 Å². The molecule has 19 nitrogen and oxygen atoms in total. The number of anilines is 2. The summed E-state index contributed by atoms with van der Waals surface area (Å²) in [5.74, 6) is 0.991. The van der Waals surface area contributed by atoms with Crippen molar-refractivity contribution in [3.05, 3.63) is 130 Å². The number of fused-ring (bicyclic) bond motifs is 2. The van der Waals surface area contributed by atoms with Gasteiger partial charge in [-0.3, -0.25) is 24.7 Å². The molecule has 21 heteroatoms. The number of piperazine rings is 1. The maximum atomic E-state index is 15.6. The van der Waals surface area contributed by atoms with Gasteiger partial charge in [0.25, 0.3) is 21.6 Å². The van der Waals surface area contributed by atoms with Gasteiger partial charge in [0.15, 0.2) is 17.7 Å². The number of carbonyl (C=O) groups excluding carboxylic acids is 1. The molecule has 0 radical (unpaired) electrons. The molecule has 1 atom stereocenters. The molecular formula is C55H61FN10O9S. The molecule has 1 saturated carbocycles. The van der Waals surface area contributed by atoms with Gasteiger partial charge in [0.05, 0.1) is 18.2 Å². The van der Waals surface area contributed by atoms with E-state index in [0.717, 1.165) is 75.5 Å². The molecule has 11 rings (SSSR count). The highest BCUT2D eigenvalue weighted by atomic mass is 32.2. The fraction of sp³-hybridized carbons (Fsp3) is 0.418. The van der Waals surface area contributed by atoms with Gasteiger partial charge in [-0.25, -0.2) is 32.5 Å². The predicted octanol–water partition coefficient (Wildman–Crippen LogP) is 9.29. The molecule has 1 aliphatic carbocycles. The number of carbonyl (C=O) groups is 1. The number of aromatic amines is 1. The summed E-state index contributed by atoms with van der Waals surface area (Å²) < 4.78 is 68.6. The summed E-state index contributed by atoms with van der Waals surface area (Å²) in [5.41, 5.74) is 1.36. The number of sulfonamides is 1. The summed E-state index contributed by atoms with van der Waals surface area (Å²) >= 11 is 0. The largest absolute Gasteiger partial charge is 0.497 e. The van der Waals surface area contributed by atoms with Crippen LogP contribution >= 0.6 is 0 Å². The first-order valence-corrected chi connectivity index (χ1v) is 27.3. The Morgan fingerprint density at radius 2 is 1.74 bits per heavy atom. The third-order valence-electron chi connectivity index (χ3n) is 15.9. The molecule has 1 spiro atoms. The molecule has 398 valence electrons. The van der Waals surface area contributed by atoms with Crippen molar-refractivity contribution in [1.29, 1.82) is 0 Å². The number of nitro benzene ring substituents is 1. The van der Waals surface area contributed by atoms with Gasteiger partial charge < -0.3 is 33.8 Å². The van der Waals surface area contributed by atoms with Crippen LogP contribution in [-0.4, -0.2) is 120 Å². The predicted molar refractivity (Wildman–Crippen MR) is 283 cm³/mol. The number of nitro groups is 1. The number of nitrogens with zero attached hydrogens (tertiary/aromatic N) is 7. The highest BCUT2D eigenvalue weighted by molar-refractivity contribution is 7.90.